The summed E-state index contributed by atoms with van der Waals surface area (Å²) in [4.78, 5) is 4.67. The number of tetrazole rings is 1. The third kappa shape index (κ3) is 1.50. The Morgan fingerprint density at radius 3 is 3.12 bits per heavy atom. The van der Waals surface area contributed by atoms with Gasteiger partial charge in [0.05, 0.1) is 11.7 Å². The largest absolute Gasteiger partial charge is 0.399 e. The van der Waals surface area contributed by atoms with Gasteiger partial charge in [0.2, 0.25) is 0 Å². The van der Waals surface area contributed by atoms with Crippen LogP contribution in [-0.4, -0.2) is 33.4 Å². The Morgan fingerprint density at radius 1 is 1.35 bits per heavy atom. The minimum absolute atomic E-state index is 0.657. The zero-order valence-corrected chi connectivity index (χ0v) is 9.11. The molecule has 0 saturated heterocycles. The number of fused-ring (bicyclic) bond motifs is 3. The van der Waals surface area contributed by atoms with E-state index >= 15 is 0 Å². The summed E-state index contributed by atoms with van der Waals surface area (Å²) in [5.74, 6) is 0. The zero-order valence-electron chi connectivity index (χ0n) is 9.11. The summed E-state index contributed by atoms with van der Waals surface area (Å²) < 4.78 is 1.69. The first-order valence-corrected chi connectivity index (χ1v) is 5.06. The van der Waals surface area contributed by atoms with Crippen LogP contribution in [0.2, 0.25) is 0 Å². The monoisotopic (exact) mass is 227 g/mol. The number of benzene rings is 1. The van der Waals surface area contributed by atoms with E-state index in [1.165, 1.54) is 7.11 Å². The lowest BCUT2D eigenvalue weighted by Crippen LogP contribution is -1.95. The molecule has 2 heterocycles. The van der Waals surface area contributed by atoms with Crippen molar-refractivity contribution in [3.8, 4) is 0 Å². The van der Waals surface area contributed by atoms with Crippen molar-refractivity contribution in [3.63, 3.8) is 0 Å². The predicted molar refractivity (Wildman–Crippen MR) is 62.9 cm³/mol. The van der Waals surface area contributed by atoms with E-state index in [2.05, 4.69) is 25.5 Å². The van der Waals surface area contributed by atoms with Gasteiger partial charge in [0.15, 0.2) is 5.65 Å². The van der Waals surface area contributed by atoms with Crippen molar-refractivity contribution in [1.29, 1.82) is 0 Å². The molecule has 3 aromatic rings. The molecule has 0 bridgehead atoms. The number of oxime groups is 1. The lowest BCUT2D eigenvalue weighted by atomic mass is 10.1. The van der Waals surface area contributed by atoms with Gasteiger partial charge in [0, 0.05) is 10.9 Å². The highest BCUT2D eigenvalue weighted by atomic mass is 16.6. The second-order valence-corrected chi connectivity index (χ2v) is 3.49. The van der Waals surface area contributed by atoms with Gasteiger partial charge < -0.3 is 4.84 Å². The molecule has 2 aromatic heterocycles. The first-order chi connectivity index (χ1) is 8.40. The third-order valence-corrected chi connectivity index (χ3v) is 2.50. The molecule has 0 amide bonds. The highest BCUT2D eigenvalue weighted by molar-refractivity contribution is 5.94. The fourth-order valence-corrected chi connectivity index (χ4v) is 1.77. The first-order valence-electron chi connectivity index (χ1n) is 5.06. The highest BCUT2D eigenvalue weighted by Crippen LogP contribution is 2.17. The molecule has 6 heteroatoms. The molecule has 1 aromatic carbocycles. The number of para-hydroxylation sites is 1. The molecule has 0 aliphatic carbocycles. The average Bonchev–Trinajstić information content (AvgIpc) is 2.85. The van der Waals surface area contributed by atoms with Crippen LogP contribution in [0.25, 0.3) is 16.6 Å². The van der Waals surface area contributed by atoms with Gasteiger partial charge in [0.1, 0.15) is 7.11 Å². The van der Waals surface area contributed by atoms with Crippen molar-refractivity contribution in [2.75, 3.05) is 7.11 Å². The molecule has 0 saturated carbocycles. The number of aromatic nitrogens is 4. The van der Waals surface area contributed by atoms with E-state index in [1.807, 2.05) is 30.3 Å². The highest BCUT2D eigenvalue weighted by Gasteiger charge is 2.07. The van der Waals surface area contributed by atoms with Crippen molar-refractivity contribution in [1.82, 2.24) is 20.0 Å². The quantitative estimate of drug-likeness (QED) is 0.488. The van der Waals surface area contributed by atoms with Crippen LogP contribution in [0.4, 0.5) is 0 Å². The van der Waals surface area contributed by atoms with Crippen molar-refractivity contribution in [3.05, 3.63) is 35.9 Å². The Balaban J connectivity index is 2.39. The Kier molecular flexibility index (Phi) is 2.18. The zero-order chi connectivity index (χ0) is 11.7. The SMILES string of the molecule is CON=Cc1cc2ccccc2n2nnnc12. The molecule has 3 rings (SSSR count). The standard InChI is InChI=1S/C11H9N5O/c1-17-12-7-9-6-8-4-2-3-5-10(8)16-11(9)13-14-15-16/h2-7H,1H3. The summed E-state index contributed by atoms with van der Waals surface area (Å²) >= 11 is 0. The molecule has 84 valence electrons. The van der Waals surface area contributed by atoms with Crippen LogP contribution in [0.5, 0.6) is 0 Å². The number of pyridine rings is 1. The number of nitrogens with zero attached hydrogens (tertiary/aromatic N) is 5. The lowest BCUT2D eigenvalue weighted by molar-refractivity contribution is 0.215. The van der Waals surface area contributed by atoms with Crippen LogP contribution in [0, 0.1) is 0 Å². The average molecular weight is 227 g/mol. The lowest BCUT2D eigenvalue weighted by Gasteiger charge is -2.01. The third-order valence-electron chi connectivity index (χ3n) is 2.50. The minimum Gasteiger partial charge on any atom is -0.399 e. The summed E-state index contributed by atoms with van der Waals surface area (Å²) in [6, 6.07) is 9.86. The summed E-state index contributed by atoms with van der Waals surface area (Å²) in [6.07, 6.45) is 1.60. The van der Waals surface area contributed by atoms with E-state index in [0.717, 1.165) is 16.5 Å². The molecule has 0 aliphatic rings. The van der Waals surface area contributed by atoms with Crippen LogP contribution in [-0.2, 0) is 4.84 Å². The van der Waals surface area contributed by atoms with Crippen LogP contribution in [0.15, 0.2) is 35.5 Å². The van der Waals surface area contributed by atoms with Crippen LogP contribution in [0.1, 0.15) is 5.56 Å². The summed E-state index contributed by atoms with van der Waals surface area (Å²) in [5, 5.41) is 16.4. The molecular formula is C11H9N5O. The van der Waals surface area contributed by atoms with Gasteiger partial charge in [0.25, 0.3) is 0 Å². The van der Waals surface area contributed by atoms with Gasteiger partial charge in [-0.15, -0.1) is 5.10 Å². The molecule has 0 N–H and O–H groups in total. The maximum absolute atomic E-state index is 4.67. The van der Waals surface area contributed by atoms with E-state index in [9.17, 15) is 0 Å². The Morgan fingerprint density at radius 2 is 2.24 bits per heavy atom. The van der Waals surface area contributed by atoms with Gasteiger partial charge >= 0.3 is 0 Å². The normalized spacial score (nSPS) is 11.6. The molecule has 0 unspecified atom stereocenters. The van der Waals surface area contributed by atoms with Crippen LogP contribution < -0.4 is 0 Å². The number of hydrogen-bond acceptors (Lipinski definition) is 5. The van der Waals surface area contributed by atoms with E-state index in [1.54, 1.807) is 10.7 Å². The van der Waals surface area contributed by atoms with Crippen molar-refractivity contribution in [2.45, 2.75) is 0 Å². The Labute approximate surface area is 96.5 Å². The van der Waals surface area contributed by atoms with Gasteiger partial charge in [-0.05, 0) is 22.6 Å². The topological polar surface area (TPSA) is 64.7 Å². The van der Waals surface area contributed by atoms with Crippen molar-refractivity contribution < 1.29 is 4.84 Å². The smallest absolute Gasteiger partial charge is 0.188 e. The molecule has 0 atom stereocenters. The fourth-order valence-electron chi connectivity index (χ4n) is 1.77. The van der Waals surface area contributed by atoms with E-state index in [-0.39, 0.29) is 0 Å². The van der Waals surface area contributed by atoms with Gasteiger partial charge in [-0.3, -0.25) is 0 Å². The molecule has 0 fully saturated rings. The first kappa shape index (κ1) is 9.71. The second kappa shape index (κ2) is 3.82. The number of hydrogen-bond donors (Lipinski definition) is 0. The Bertz CT molecular complexity index is 703. The second-order valence-electron chi connectivity index (χ2n) is 3.49. The van der Waals surface area contributed by atoms with Gasteiger partial charge in [-0.1, -0.05) is 23.4 Å². The van der Waals surface area contributed by atoms with E-state index in [0.29, 0.717) is 5.65 Å². The van der Waals surface area contributed by atoms with Crippen LogP contribution in [0.3, 0.4) is 0 Å². The maximum Gasteiger partial charge on any atom is 0.188 e. The fraction of sp³-hybridized carbons (Fsp3) is 0.0909. The molecule has 0 radical (unpaired) electrons. The number of rotatable bonds is 2. The predicted octanol–water partition coefficient (Wildman–Crippen LogP) is 1.26. The van der Waals surface area contributed by atoms with Crippen molar-refractivity contribution in [2.24, 2.45) is 5.16 Å². The summed E-state index contributed by atoms with van der Waals surface area (Å²) in [7, 11) is 1.50. The summed E-state index contributed by atoms with van der Waals surface area (Å²) in [6.45, 7) is 0. The van der Waals surface area contributed by atoms with Gasteiger partial charge in [-0.2, -0.15) is 4.52 Å². The minimum atomic E-state index is 0.657. The van der Waals surface area contributed by atoms with Gasteiger partial charge in [-0.25, -0.2) is 0 Å². The molecule has 17 heavy (non-hydrogen) atoms. The molecule has 6 nitrogen and oxygen atoms in total. The molecular weight excluding hydrogens is 218 g/mol. The molecule has 0 aliphatic heterocycles. The Hall–Kier alpha value is -2.50. The van der Waals surface area contributed by atoms with E-state index < -0.39 is 0 Å². The van der Waals surface area contributed by atoms with Crippen LogP contribution >= 0.6 is 0 Å². The van der Waals surface area contributed by atoms with E-state index in [4.69, 9.17) is 0 Å². The molecule has 0 spiro atoms. The van der Waals surface area contributed by atoms with Crippen molar-refractivity contribution >= 4 is 22.8 Å². The summed E-state index contributed by atoms with van der Waals surface area (Å²) in [5.41, 5.74) is 2.43. The maximum atomic E-state index is 4.67.